The predicted octanol–water partition coefficient (Wildman–Crippen LogP) is 2.32. The minimum atomic E-state index is -3.76. The molecule has 0 unspecified atom stereocenters. The summed E-state index contributed by atoms with van der Waals surface area (Å²) in [6, 6.07) is 12.2. The van der Waals surface area contributed by atoms with Gasteiger partial charge in [-0.15, -0.1) is 0 Å². The van der Waals surface area contributed by atoms with Gasteiger partial charge in [0.25, 0.3) is 10.0 Å². The minimum absolute atomic E-state index is 0.198. The first-order valence-electron chi connectivity index (χ1n) is 7.59. The highest BCUT2D eigenvalue weighted by Gasteiger charge is 2.32. The molecule has 1 aliphatic carbocycles. The van der Waals surface area contributed by atoms with Gasteiger partial charge in [-0.05, 0) is 54.7 Å². The molecular weight excluding hydrogens is 312 g/mol. The van der Waals surface area contributed by atoms with Crippen molar-refractivity contribution in [1.29, 1.82) is 0 Å². The fourth-order valence-electron chi connectivity index (χ4n) is 3.25. The molecule has 0 fully saturated rings. The summed E-state index contributed by atoms with van der Waals surface area (Å²) in [5.41, 5.74) is 3.35. The molecule has 1 heterocycles. The number of anilines is 2. The van der Waals surface area contributed by atoms with Gasteiger partial charge in [-0.1, -0.05) is 18.2 Å². The van der Waals surface area contributed by atoms with Gasteiger partial charge in [0, 0.05) is 0 Å². The van der Waals surface area contributed by atoms with Crippen LogP contribution in [0.3, 0.4) is 0 Å². The Morgan fingerprint density at radius 2 is 1.78 bits per heavy atom. The molecule has 2 aromatic rings. The molecule has 6 heteroatoms. The van der Waals surface area contributed by atoms with Gasteiger partial charge in [0.2, 0.25) is 5.91 Å². The van der Waals surface area contributed by atoms with E-state index in [0.717, 1.165) is 24.8 Å². The zero-order valence-corrected chi connectivity index (χ0v) is 13.3. The van der Waals surface area contributed by atoms with E-state index in [1.54, 1.807) is 36.4 Å². The van der Waals surface area contributed by atoms with Crippen LogP contribution in [0.5, 0.6) is 0 Å². The molecule has 1 amide bonds. The Morgan fingerprint density at radius 3 is 2.65 bits per heavy atom. The third kappa shape index (κ3) is 2.30. The minimum Gasteiger partial charge on any atom is -0.323 e. The molecule has 23 heavy (non-hydrogen) atoms. The molecule has 0 saturated carbocycles. The molecule has 2 aromatic carbocycles. The molecule has 0 bridgehead atoms. The highest BCUT2D eigenvalue weighted by Crippen LogP contribution is 2.34. The summed E-state index contributed by atoms with van der Waals surface area (Å²) in [6.07, 6.45) is 2.98. The number of hydrogen-bond donors (Lipinski definition) is 1. The Hall–Kier alpha value is -2.34. The quantitative estimate of drug-likeness (QED) is 0.920. The highest BCUT2D eigenvalue weighted by atomic mass is 32.2. The van der Waals surface area contributed by atoms with Gasteiger partial charge < -0.3 is 5.32 Å². The first kappa shape index (κ1) is 14.3. The number of fused-ring (bicyclic) bond motifs is 2. The van der Waals surface area contributed by atoms with E-state index in [-0.39, 0.29) is 17.3 Å². The molecule has 4 rings (SSSR count). The van der Waals surface area contributed by atoms with E-state index in [2.05, 4.69) is 5.32 Å². The number of rotatable bonds is 2. The van der Waals surface area contributed by atoms with Crippen LogP contribution < -0.4 is 9.62 Å². The predicted molar refractivity (Wildman–Crippen MR) is 88.1 cm³/mol. The lowest BCUT2D eigenvalue weighted by atomic mass is 10.1. The van der Waals surface area contributed by atoms with Crippen LogP contribution in [0.15, 0.2) is 47.4 Å². The molecule has 118 valence electrons. The standard InChI is InChI=1S/C17H16N2O3S/c20-17-11-19(16-7-2-1-6-15(16)18-17)23(21,22)14-9-8-12-4-3-5-13(12)10-14/h1-2,6-10H,3-5,11H2,(H,18,20). The summed E-state index contributed by atoms with van der Waals surface area (Å²) in [5.74, 6) is -0.326. The number of amides is 1. The van der Waals surface area contributed by atoms with Crippen molar-refractivity contribution in [2.45, 2.75) is 24.2 Å². The maximum atomic E-state index is 13.0. The topological polar surface area (TPSA) is 66.5 Å². The number of nitrogens with zero attached hydrogens (tertiary/aromatic N) is 1. The van der Waals surface area contributed by atoms with Gasteiger partial charge in [0.1, 0.15) is 6.54 Å². The van der Waals surface area contributed by atoms with E-state index in [1.165, 1.54) is 9.87 Å². The lowest BCUT2D eigenvalue weighted by Crippen LogP contribution is -2.42. The summed E-state index contributed by atoms with van der Waals surface area (Å²) in [4.78, 5) is 12.1. The monoisotopic (exact) mass is 328 g/mol. The zero-order valence-electron chi connectivity index (χ0n) is 12.5. The summed E-state index contributed by atoms with van der Waals surface area (Å²) in [6.45, 7) is -0.198. The van der Waals surface area contributed by atoms with E-state index in [4.69, 9.17) is 0 Å². The molecular formula is C17H16N2O3S. The molecule has 1 N–H and O–H groups in total. The normalized spacial score (nSPS) is 16.7. The van der Waals surface area contributed by atoms with Gasteiger partial charge in [-0.2, -0.15) is 0 Å². The number of sulfonamides is 1. The van der Waals surface area contributed by atoms with Crippen molar-refractivity contribution in [3.63, 3.8) is 0 Å². The number of para-hydroxylation sites is 2. The second-order valence-corrected chi connectivity index (χ2v) is 7.72. The zero-order chi connectivity index (χ0) is 16.0. The largest absolute Gasteiger partial charge is 0.323 e. The smallest absolute Gasteiger partial charge is 0.264 e. The lowest BCUT2D eigenvalue weighted by molar-refractivity contribution is -0.115. The van der Waals surface area contributed by atoms with Gasteiger partial charge in [-0.3, -0.25) is 9.10 Å². The van der Waals surface area contributed by atoms with Gasteiger partial charge in [0.05, 0.1) is 16.3 Å². The lowest BCUT2D eigenvalue weighted by Gasteiger charge is -2.30. The third-order valence-corrected chi connectivity index (χ3v) is 6.15. The summed E-state index contributed by atoms with van der Waals surface area (Å²) >= 11 is 0. The maximum absolute atomic E-state index is 13.0. The van der Waals surface area contributed by atoms with Gasteiger partial charge >= 0.3 is 0 Å². The first-order valence-corrected chi connectivity index (χ1v) is 9.03. The van der Waals surface area contributed by atoms with Crippen molar-refractivity contribution in [1.82, 2.24) is 0 Å². The Kier molecular flexibility index (Phi) is 3.16. The SMILES string of the molecule is O=C1CN(S(=O)(=O)c2ccc3c(c2)CCC3)c2ccccc2N1. The van der Waals surface area contributed by atoms with Crippen LogP contribution in [0.4, 0.5) is 11.4 Å². The third-order valence-electron chi connectivity index (χ3n) is 4.39. The number of carbonyl (C=O) groups is 1. The summed E-state index contributed by atoms with van der Waals surface area (Å²) in [5, 5.41) is 2.71. The fourth-order valence-corrected chi connectivity index (χ4v) is 4.74. The van der Waals surface area contributed by atoms with Crippen molar-refractivity contribution in [3.8, 4) is 0 Å². The van der Waals surface area contributed by atoms with Crippen LogP contribution in [-0.2, 0) is 27.7 Å². The van der Waals surface area contributed by atoms with E-state index >= 15 is 0 Å². The Bertz CT molecular complexity index is 906. The van der Waals surface area contributed by atoms with Crippen LogP contribution in [0.1, 0.15) is 17.5 Å². The highest BCUT2D eigenvalue weighted by molar-refractivity contribution is 7.92. The van der Waals surface area contributed by atoms with Crippen LogP contribution in [-0.4, -0.2) is 20.9 Å². The van der Waals surface area contributed by atoms with Crippen molar-refractivity contribution < 1.29 is 13.2 Å². The molecule has 0 spiro atoms. The Labute approximate surface area is 135 Å². The van der Waals surface area contributed by atoms with Gasteiger partial charge in [-0.25, -0.2) is 8.42 Å². The van der Waals surface area contributed by atoms with Crippen LogP contribution >= 0.6 is 0 Å². The van der Waals surface area contributed by atoms with Crippen LogP contribution in [0, 0.1) is 0 Å². The Balaban J connectivity index is 1.82. The number of aryl methyl sites for hydroxylation is 2. The van der Waals surface area contributed by atoms with Crippen molar-refractivity contribution in [2.24, 2.45) is 0 Å². The number of benzene rings is 2. The molecule has 5 nitrogen and oxygen atoms in total. The summed E-state index contributed by atoms with van der Waals surface area (Å²) < 4.78 is 27.3. The number of carbonyl (C=O) groups excluding carboxylic acids is 1. The molecule has 1 aliphatic heterocycles. The van der Waals surface area contributed by atoms with E-state index in [0.29, 0.717) is 11.4 Å². The average molecular weight is 328 g/mol. The second kappa shape index (κ2) is 5.09. The Morgan fingerprint density at radius 1 is 1.00 bits per heavy atom. The molecule has 2 aliphatic rings. The van der Waals surface area contributed by atoms with E-state index in [9.17, 15) is 13.2 Å². The number of hydrogen-bond acceptors (Lipinski definition) is 3. The fraction of sp³-hybridized carbons (Fsp3) is 0.235. The van der Waals surface area contributed by atoms with Crippen LogP contribution in [0.25, 0.3) is 0 Å². The molecule has 0 aromatic heterocycles. The molecule has 0 radical (unpaired) electrons. The van der Waals surface area contributed by atoms with Crippen molar-refractivity contribution in [2.75, 3.05) is 16.2 Å². The maximum Gasteiger partial charge on any atom is 0.264 e. The average Bonchev–Trinajstić information content (AvgIpc) is 3.01. The van der Waals surface area contributed by atoms with Crippen LogP contribution in [0.2, 0.25) is 0 Å². The molecule has 0 saturated heterocycles. The summed E-state index contributed by atoms with van der Waals surface area (Å²) in [7, 11) is -3.76. The molecule has 0 atom stereocenters. The first-order chi connectivity index (χ1) is 11.1. The second-order valence-electron chi connectivity index (χ2n) is 5.86. The van der Waals surface area contributed by atoms with Crippen molar-refractivity contribution >= 4 is 27.3 Å². The van der Waals surface area contributed by atoms with E-state index in [1.807, 2.05) is 6.07 Å². The van der Waals surface area contributed by atoms with Gasteiger partial charge in [0.15, 0.2) is 0 Å². The number of nitrogens with one attached hydrogen (secondary N) is 1. The van der Waals surface area contributed by atoms with E-state index < -0.39 is 10.0 Å². The van der Waals surface area contributed by atoms with Crippen molar-refractivity contribution in [3.05, 3.63) is 53.6 Å².